The van der Waals surface area contributed by atoms with Gasteiger partial charge in [0.05, 0.1) is 39.2 Å². The molecule has 2 atom stereocenters. The van der Waals surface area contributed by atoms with Gasteiger partial charge in [0, 0.05) is 110 Å². The SMILES string of the molecule is CC.CC.CC=CC(CC)C(CCO)C(=O)N(C)CCC=O.CCCCCNc1nc(N)nc2c1N(Cc1ccc(CN3CCN(C)CC3)cc1OC)CC2.CNCCOCCOCCC=O. The van der Waals surface area contributed by atoms with Crippen LogP contribution in [0, 0.1) is 11.8 Å². The molecule has 2 unspecified atom stereocenters. The van der Waals surface area contributed by atoms with Crippen molar-refractivity contribution in [3.05, 3.63) is 47.2 Å². The van der Waals surface area contributed by atoms with E-state index in [0.29, 0.717) is 58.2 Å². The Morgan fingerprint density at radius 1 is 0.940 bits per heavy atom. The number of ether oxygens (including phenoxy) is 3. The molecule has 1 saturated heterocycles. The van der Waals surface area contributed by atoms with Crippen molar-refractivity contribution in [1.29, 1.82) is 0 Å². The number of likely N-dealkylation sites (N-methyl/N-ethyl adjacent to an activating group) is 2. The summed E-state index contributed by atoms with van der Waals surface area (Å²) >= 11 is 0. The molecule has 16 nitrogen and oxygen atoms in total. The van der Waals surface area contributed by atoms with Crippen LogP contribution in [0.25, 0.3) is 0 Å². The molecule has 4 rings (SSSR count). The molecule has 2 aromatic rings. The predicted molar refractivity (Wildman–Crippen MR) is 276 cm³/mol. The fourth-order valence-electron chi connectivity index (χ4n) is 7.46. The molecule has 2 aliphatic heterocycles. The topological polar surface area (TPSA) is 188 Å². The van der Waals surface area contributed by atoms with Crippen molar-refractivity contribution in [3.8, 4) is 5.75 Å². The highest BCUT2D eigenvalue weighted by Gasteiger charge is 2.28. The summed E-state index contributed by atoms with van der Waals surface area (Å²) in [4.78, 5) is 50.4. The number of anilines is 3. The molecular formula is C51H93N9O7. The summed E-state index contributed by atoms with van der Waals surface area (Å²) in [7, 11) is 7.54. The maximum atomic E-state index is 12.3. The number of rotatable bonds is 28. The molecule has 0 spiro atoms. The first-order chi connectivity index (χ1) is 32.6. The van der Waals surface area contributed by atoms with Gasteiger partial charge >= 0.3 is 0 Å². The third-order valence-corrected chi connectivity index (χ3v) is 11.1. The van der Waals surface area contributed by atoms with Crippen LogP contribution in [0.2, 0.25) is 0 Å². The summed E-state index contributed by atoms with van der Waals surface area (Å²) in [5.74, 6) is 2.11. The first-order valence-corrected chi connectivity index (χ1v) is 25.0. The number of fused-ring (bicyclic) bond motifs is 1. The molecule has 0 bridgehead atoms. The molecule has 1 fully saturated rings. The number of carbonyl (C=O) groups excluding carboxylic acids is 3. The first kappa shape index (κ1) is 62.8. The number of aromatic nitrogens is 2. The number of carbonyl (C=O) groups is 3. The zero-order chi connectivity index (χ0) is 50.2. The molecule has 3 heterocycles. The second kappa shape index (κ2) is 40.8. The summed E-state index contributed by atoms with van der Waals surface area (Å²) < 4.78 is 16.1. The predicted octanol–water partition coefficient (Wildman–Crippen LogP) is 6.49. The number of piperazine rings is 1. The standard InChI is InChI=1S/C25H39N7O.C14H25NO3.C8H17NO3.2C2H6/c1-4-5-6-10-27-24-23-21(28-25(26)29-24)9-11-32(23)18-20-8-7-19(16-22(20)33-3)17-31-14-12-30(2)13-15-31;1-4-7-12(5-2)13(8-11-17)14(18)15(3)9-6-10-16;1-9-3-6-12-8-7-11-5-2-4-10;2*1-2/h7-8,16H,4-6,9-15,17-18H2,1-3H3,(H3,26,27,28,29);4,7,10,12-13,17H,5-6,8-9,11H2,1-3H3;4,9H,2-3,5-8H2,1H3;2*1-2H3. The summed E-state index contributed by atoms with van der Waals surface area (Å²) in [5, 5.41) is 15.6. The number of nitrogens with zero attached hydrogens (tertiary/aromatic N) is 6. The average Bonchev–Trinajstić information content (AvgIpc) is 3.76. The van der Waals surface area contributed by atoms with Crippen molar-refractivity contribution in [2.75, 3.05) is 130 Å². The molecule has 2 aliphatic rings. The monoisotopic (exact) mass is 944 g/mol. The van der Waals surface area contributed by atoms with Crippen LogP contribution in [0.5, 0.6) is 5.75 Å². The van der Waals surface area contributed by atoms with Crippen LogP contribution in [-0.4, -0.2) is 162 Å². The number of benzene rings is 1. The Morgan fingerprint density at radius 3 is 2.22 bits per heavy atom. The Labute approximate surface area is 405 Å². The lowest BCUT2D eigenvalue weighted by Crippen LogP contribution is -2.43. The molecule has 0 radical (unpaired) electrons. The van der Waals surface area contributed by atoms with Crippen LogP contribution in [0.3, 0.4) is 0 Å². The third kappa shape index (κ3) is 25.7. The number of nitrogens with two attached hydrogens (primary N) is 1. The van der Waals surface area contributed by atoms with Gasteiger partial charge in [-0.05, 0) is 57.8 Å². The van der Waals surface area contributed by atoms with Crippen LogP contribution in [0.4, 0.5) is 17.5 Å². The number of nitrogen functional groups attached to an aromatic ring is 1. The number of methoxy groups -OCH3 is 1. The van der Waals surface area contributed by atoms with E-state index in [4.69, 9.17) is 25.1 Å². The first-order valence-electron chi connectivity index (χ1n) is 25.0. The number of nitrogens with one attached hydrogen (secondary N) is 2. The fraction of sp³-hybridized carbons (Fsp3) is 0.706. The second-order valence-corrected chi connectivity index (χ2v) is 16.0. The third-order valence-electron chi connectivity index (χ3n) is 11.1. The molecule has 5 N–H and O–H groups in total. The Hall–Kier alpha value is -4.19. The van der Waals surface area contributed by atoms with Gasteiger partial charge in [0.1, 0.15) is 24.0 Å². The number of hydrogen-bond donors (Lipinski definition) is 4. The number of aliphatic hydroxyl groups is 1. The molecule has 0 aliphatic carbocycles. The highest BCUT2D eigenvalue weighted by Crippen LogP contribution is 2.36. The maximum Gasteiger partial charge on any atom is 0.226 e. The van der Waals surface area contributed by atoms with Gasteiger partial charge in [0.25, 0.3) is 0 Å². The van der Waals surface area contributed by atoms with Gasteiger partial charge in [-0.25, -0.2) is 4.98 Å². The Bertz CT molecular complexity index is 1590. The van der Waals surface area contributed by atoms with Crippen LogP contribution >= 0.6 is 0 Å². The van der Waals surface area contributed by atoms with Gasteiger partial charge in [0.2, 0.25) is 11.9 Å². The van der Waals surface area contributed by atoms with E-state index in [9.17, 15) is 14.4 Å². The summed E-state index contributed by atoms with van der Waals surface area (Å²) in [5.41, 5.74) is 10.6. The summed E-state index contributed by atoms with van der Waals surface area (Å²) in [6, 6.07) is 6.67. The Morgan fingerprint density at radius 2 is 1.63 bits per heavy atom. The second-order valence-electron chi connectivity index (χ2n) is 16.0. The maximum absolute atomic E-state index is 12.3. The Balaban J connectivity index is 0.00000108. The molecule has 384 valence electrons. The smallest absolute Gasteiger partial charge is 0.226 e. The largest absolute Gasteiger partial charge is 0.496 e. The number of unbranched alkanes of at least 4 members (excludes halogenated alkanes) is 2. The van der Waals surface area contributed by atoms with Crippen molar-refractivity contribution < 1.29 is 33.7 Å². The van der Waals surface area contributed by atoms with Crippen molar-refractivity contribution in [2.24, 2.45) is 11.8 Å². The van der Waals surface area contributed by atoms with Gasteiger partial charge in [-0.2, -0.15) is 4.98 Å². The highest BCUT2D eigenvalue weighted by atomic mass is 16.5. The Kier molecular flexibility index (Phi) is 38.3. The van der Waals surface area contributed by atoms with Gasteiger partial charge in [0.15, 0.2) is 5.82 Å². The van der Waals surface area contributed by atoms with Crippen molar-refractivity contribution in [1.82, 2.24) is 30.0 Å². The molecule has 0 saturated carbocycles. The normalized spacial score (nSPS) is 14.1. The fourth-order valence-corrected chi connectivity index (χ4v) is 7.46. The number of amides is 1. The van der Waals surface area contributed by atoms with Gasteiger partial charge in [-0.3, -0.25) is 9.69 Å². The van der Waals surface area contributed by atoms with E-state index >= 15 is 0 Å². The lowest BCUT2D eigenvalue weighted by Gasteiger charge is -2.32. The van der Waals surface area contributed by atoms with E-state index in [1.165, 1.54) is 24.0 Å². The van der Waals surface area contributed by atoms with Gasteiger partial charge in [-0.15, -0.1) is 0 Å². The van der Waals surface area contributed by atoms with Crippen molar-refractivity contribution >= 4 is 35.9 Å². The van der Waals surface area contributed by atoms with Crippen molar-refractivity contribution in [2.45, 2.75) is 113 Å². The molecular weight excluding hydrogens is 851 g/mol. The molecule has 1 amide bonds. The minimum Gasteiger partial charge on any atom is -0.496 e. The van der Waals surface area contributed by atoms with E-state index in [0.717, 1.165) is 114 Å². The van der Waals surface area contributed by atoms with E-state index in [1.54, 1.807) is 19.1 Å². The van der Waals surface area contributed by atoms with Crippen LogP contribution in [0.15, 0.2) is 30.4 Å². The van der Waals surface area contributed by atoms with Gasteiger partial charge in [-0.1, -0.05) is 78.7 Å². The molecule has 16 heteroatoms. The number of aldehydes is 2. The van der Waals surface area contributed by atoms with Gasteiger partial charge < -0.3 is 60.0 Å². The van der Waals surface area contributed by atoms with E-state index in [-0.39, 0.29) is 24.3 Å². The van der Waals surface area contributed by atoms with Crippen molar-refractivity contribution in [3.63, 3.8) is 0 Å². The van der Waals surface area contributed by atoms with E-state index < -0.39 is 0 Å². The van der Waals surface area contributed by atoms with Crippen LogP contribution in [0.1, 0.15) is 110 Å². The summed E-state index contributed by atoms with van der Waals surface area (Å²) in [6.07, 6.45) is 12.2. The van der Waals surface area contributed by atoms with Crippen LogP contribution in [-0.2, 0) is 43.4 Å². The lowest BCUT2D eigenvalue weighted by molar-refractivity contribution is -0.136. The quantitative estimate of drug-likeness (QED) is 0.0411. The zero-order valence-corrected chi connectivity index (χ0v) is 43.6. The molecule has 67 heavy (non-hydrogen) atoms. The zero-order valence-electron chi connectivity index (χ0n) is 43.6. The minimum atomic E-state index is -0.201. The molecule has 1 aromatic heterocycles. The van der Waals surface area contributed by atoms with Crippen LogP contribution < -0.4 is 26.0 Å². The van der Waals surface area contributed by atoms with E-state index in [1.807, 2.05) is 60.7 Å². The minimum absolute atomic E-state index is 0.00593. The average molecular weight is 944 g/mol. The number of aliphatic hydroxyl groups excluding tert-OH is 1. The number of hydrogen-bond acceptors (Lipinski definition) is 15. The summed E-state index contributed by atoms with van der Waals surface area (Å²) in [6.45, 7) is 25.9. The van der Waals surface area contributed by atoms with E-state index in [2.05, 4.69) is 67.5 Å². The molecule has 1 aromatic carbocycles. The highest BCUT2D eigenvalue weighted by molar-refractivity contribution is 5.79. The number of allylic oxidation sites excluding steroid dienone is 2. The lowest BCUT2D eigenvalue weighted by atomic mass is 9.86.